The Bertz CT molecular complexity index is 1060. The summed E-state index contributed by atoms with van der Waals surface area (Å²) in [5.74, 6) is -0.0784. The van der Waals surface area contributed by atoms with Crippen molar-refractivity contribution < 1.29 is 9.18 Å². The molecule has 28 heavy (non-hydrogen) atoms. The summed E-state index contributed by atoms with van der Waals surface area (Å²) in [6, 6.07) is 6.36. The van der Waals surface area contributed by atoms with Crippen LogP contribution in [0.2, 0.25) is 0 Å². The summed E-state index contributed by atoms with van der Waals surface area (Å²) in [5.41, 5.74) is 6.51. The number of nitrogens with one attached hydrogen (secondary N) is 2. The summed E-state index contributed by atoms with van der Waals surface area (Å²) in [7, 11) is 0. The van der Waals surface area contributed by atoms with Gasteiger partial charge in [0.15, 0.2) is 16.3 Å². The van der Waals surface area contributed by atoms with Crippen LogP contribution in [0.15, 0.2) is 34.2 Å². The van der Waals surface area contributed by atoms with Crippen LogP contribution < -0.4 is 16.2 Å². The first-order chi connectivity index (χ1) is 13.5. The van der Waals surface area contributed by atoms with Crippen LogP contribution in [0, 0.1) is 5.82 Å². The van der Waals surface area contributed by atoms with Crippen molar-refractivity contribution in [2.75, 3.05) is 42.6 Å². The van der Waals surface area contributed by atoms with Crippen LogP contribution in [0.1, 0.15) is 0 Å². The number of thioether (sulfide) groups is 1. The molecule has 1 aliphatic rings. The largest absolute Gasteiger partial charge is 0.369 e. The molecule has 0 unspecified atom stereocenters. The highest BCUT2D eigenvalue weighted by atomic mass is 32.2. The molecule has 3 heterocycles. The average Bonchev–Trinajstić information content (AvgIpc) is 3.10. The minimum atomic E-state index is -0.398. The van der Waals surface area contributed by atoms with E-state index in [-0.39, 0.29) is 34.6 Å². The molecule has 0 radical (unpaired) electrons. The molecule has 146 valence electrons. The van der Waals surface area contributed by atoms with Crippen LogP contribution in [0.5, 0.6) is 0 Å². The van der Waals surface area contributed by atoms with Gasteiger partial charge in [-0.3, -0.25) is 14.6 Å². The lowest BCUT2D eigenvalue weighted by Crippen LogP contribution is -2.49. The van der Waals surface area contributed by atoms with E-state index in [1.807, 2.05) is 0 Å². The summed E-state index contributed by atoms with van der Waals surface area (Å²) in [6.45, 7) is 2.56. The number of anilines is 2. The van der Waals surface area contributed by atoms with E-state index in [9.17, 15) is 14.0 Å². The van der Waals surface area contributed by atoms with Crippen LogP contribution in [0.4, 0.5) is 16.0 Å². The first-order valence-corrected chi connectivity index (χ1v) is 9.65. The fourth-order valence-electron chi connectivity index (χ4n) is 3.06. The zero-order valence-electron chi connectivity index (χ0n) is 14.8. The lowest BCUT2D eigenvalue weighted by atomic mass is 10.2. The second-order valence-corrected chi connectivity index (χ2v) is 7.29. The van der Waals surface area contributed by atoms with E-state index < -0.39 is 5.56 Å². The Kier molecular flexibility index (Phi) is 4.90. The van der Waals surface area contributed by atoms with Crippen molar-refractivity contribution in [3.05, 3.63) is 40.4 Å². The predicted octanol–water partition coefficient (Wildman–Crippen LogP) is 0.808. The number of imidazole rings is 1. The first kappa shape index (κ1) is 18.3. The lowest BCUT2D eigenvalue weighted by molar-refractivity contribution is -0.128. The van der Waals surface area contributed by atoms with Crippen molar-refractivity contribution in [2.45, 2.75) is 5.16 Å². The van der Waals surface area contributed by atoms with Gasteiger partial charge in [-0.2, -0.15) is 4.98 Å². The Morgan fingerprint density at radius 2 is 1.86 bits per heavy atom. The van der Waals surface area contributed by atoms with Crippen molar-refractivity contribution in [1.82, 2.24) is 24.8 Å². The molecule has 11 heteroatoms. The van der Waals surface area contributed by atoms with Crippen LogP contribution in [-0.2, 0) is 4.79 Å². The van der Waals surface area contributed by atoms with Crippen molar-refractivity contribution in [3.8, 4) is 0 Å². The second kappa shape index (κ2) is 7.50. The molecule has 0 spiro atoms. The number of hydrogen-bond donors (Lipinski definition) is 3. The molecule has 1 aromatic carbocycles. The maximum Gasteiger partial charge on any atom is 0.278 e. The van der Waals surface area contributed by atoms with Gasteiger partial charge in [0.25, 0.3) is 5.56 Å². The Balaban J connectivity index is 1.33. The van der Waals surface area contributed by atoms with Gasteiger partial charge in [0.2, 0.25) is 11.9 Å². The molecular formula is C17H18FN7O2S. The van der Waals surface area contributed by atoms with Gasteiger partial charge in [0, 0.05) is 31.9 Å². The third-order valence-corrected chi connectivity index (χ3v) is 5.37. The van der Waals surface area contributed by atoms with Crippen LogP contribution in [0.3, 0.4) is 0 Å². The number of halogens is 1. The van der Waals surface area contributed by atoms with Crippen molar-refractivity contribution in [2.24, 2.45) is 0 Å². The minimum absolute atomic E-state index is 0.00403. The SMILES string of the molecule is Nc1nc2nc(SCC(=O)N3CCN(c4ccc(F)cc4)CC3)[nH]c2c(=O)[nH]1. The van der Waals surface area contributed by atoms with Crippen LogP contribution in [0.25, 0.3) is 11.2 Å². The lowest BCUT2D eigenvalue weighted by Gasteiger charge is -2.36. The molecule has 1 amide bonds. The summed E-state index contributed by atoms with van der Waals surface area (Å²) >= 11 is 1.21. The molecule has 4 rings (SSSR count). The highest BCUT2D eigenvalue weighted by Gasteiger charge is 2.22. The van der Waals surface area contributed by atoms with E-state index in [0.29, 0.717) is 31.3 Å². The van der Waals surface area contributed by atoms with Gasteiger partial charge in [0.05, 0.1) is 5.75 Å². The Morgan fingerprint density at radius 1 is 1.14 bits per heavy atom. The number of carbonyl (C=O) groups excluding carboxylic acids is 1. The topological polar surface area (TPSA) is 124 Å². The van der Waals surface area contributed by atoms with Gasteiger partial charge >= 0.3 is 0 Å². The number of hydrogen-bond acceptors (Lipinski definition) is 7. The van der Waals surface area contributed by atoms with Crippen LogP contribution in [-0.4, -0.2) is 62.7 Å². The van der Waals surface area contributed by atoms with Gasteiger partial charge in [-0.15, -0.1) is 0 Å². The number of aromatic nitrogens is 4. The number of nitrogen functional groups attached to an aromatic ring is 1. The molecule has 0 aliphatic carbocycles. The van der Waals surface area contributed by atoms with E-state index in [2.05, 4.69) is 24.8 Å². The number of nitrogens with zero attached hydrogens (tertiary/aromatic N) is 4. The maximum atomic E-state index is 13.0. The highest BCUT2D eigenvalue weighted by molar-refractivity contribution is 7.99. The number of carbonyl (C=O) groups is 1. The van der Waals surface area contributed by atoms with E-state index in [1.54, 1.807) is 17.0 Å². The third kappa shape index (κ3) is 3.79. The number of benzene rings is 1. The molecule has 0 saturated carbocycles. The average molecular weight is 403 g/mol. The summed E-state index contributed by atoms with van der Waals surface area (Å²) < 4.78 is 13.0. The quantitative estimate of drug-likeness (QED) is 0.551. The van der Waals surface area contributed by atoms with Gasteiger partial charge in [-0.1, -0.05) is 11.8 Å². The number of nitrogens with two attached hydrogens (primary N) is 1. The second-order valence-electron chi connectivity index (χ2n) is 6.32. The Labute approximate surface area is 163 Å². The van der Waals surface area contributed by atoms with Gasteiger partial charge in [-0.05, 0) is 24.3 Å². The van der Waals surface area contributed by atoms with Gasteiger partial charge in [-0.25, -0.2) is 9.37 Å². The Hall–Kier alpha value is -3.08. The number of fused-ring (bicyclic) bond motifs is 1. The van der Waals surface area contributed by atoms with E-state index >= 15 is 0 Å². The molecule has 1 saturated heterocycles. The van der Waals surface area contributed by atoms with Crippen molar-refractivity contribution in [3.63, 3.8) is 0 Å². The van der Waals surface area contributed by atoms with E-state index in [1.165, 1.54) is 23.9 Å². The fraction of sp³-hybridized carbons (Fsp3) is 0.294. The normalized spacial score (nSPS) is 14.6. The zero-order chi connectivity index (χ0) is 19.7. The van der Waals surface area contributed by atoms with E-state index in [0.717, 1.165) is 5.69 Å². The minimum Gasteiger partial charge on any atom is -0.369 e. The number of H-pyrrole nitrogens is 2. The maximum absolute atomic E-state index is 13.0. The molecule has 4 N–H and O–H groups in total. The molecule has 9 nitrogen and oxygen atoms in total. The van der Waals surface area contributed by atoms with Crippen molar-refractivity contribution in [1.29, 1.82) is 0 Å². The molecule has 0 atom stereocenters. The summed E-state index contributed by atoms with van der Waals surface area (Å²) in [4.78, 5) is 41.6. The zero-order valence-corrected chi connectivity index (χ0v) is 15.6. The van der Waals surface area contributed by atoms with E-state index in [4.69, 9.17) is 5.73 Å². The number of piperazine rings is 1. The fourth-order valence-corrected chi connectivity index (χ4v) is 3.83. The van der Waals surface area contributed by atoms with Crippen LogP contribution >= 0.6 is 11.8 Å². The monoisotopic (exact) mass is 403 g/mol. The third-order valence-electron chi connectivity index (χ3n) is 4.51. The predicted molar refractivity (Wildman–Crippen MR) is 105 cm³/mol. The molecule has 2 aromatic heterocycles. The molecular weight excluding hydrogens is 385 g/mol. The number of aromatic amines is 2. The van der Waals surface area contributed by atoms with Crippen molar-refractivity contribution >= 4 is 40.5 Å². The number of rotatable bonds is 4. The molecule has 0 bridgehead atoms. The molecule has 1 aliphatic heterocycles. The standard InChI is InChI=1S/C17H18FN7O2S/c18-10-1-3-11(4-2-10)24-5-7-25(8-6-24)12(26)9-28-17-20-13-14(22-17)21-16(19)23-15(13)27/h1-4H,5-9H2,(H4,19,20,21,22,23,27). The molecule has 1 fully saturated rings. The summed E-state index contributed by atoms with van der Waals surface area (Å²) in [5, 5.41) is 0.442. The highest BCUT2D eigenvalue weighted by Crippen LogP contribution is 2.19. The Morgan fingerprint density at radius 3 is 2.57 bits per heavy atom. The summed E-state index contributed by atoms with van der Waals surface area (Å²) in [6.07, 6.45) is 0. The van der Waals surface area contributed by atoms with Gasteiger partial charge < -0.3 is 20.5 Å². The number of amides is 1. The smallest absolute Gasteiger partial charge is 0.278 e. The van der Waals surface area contributed by atoms with Gasteiger partial charge in [0.1, 0.15) is 5.82 Å². The first-order valence-electron chi connectivity index (χ1n) is 8.66. The molecule has 3 aromatic rings.